The van der Waals surface area contributed by atoms with Gasteiger partial charge in [0, 0.05) is 19.2 Å². The highest BCUT2D eigenvalue weighted by molar-refractivity contribution is 5.66. The third-order valence-electron chi connectivity index (χ3n) is 4.63. The number of amides is 1. The van der Waals surface area contributed by atoms with Crippen LogP contribution in [0, 0.1) is 0 Å². The molecule has 190 valence electrons. The van der Waals surface area contributed by atoms with E-state index in [-0.39, 0.29) is 0 Å². The lowest BCUT2D eigenvalue weighted by Crippen LogP contribution is -2.45. The van der Waals surface area contributed by atoms with Crippen molar-refractivity contribution in [3.05, 3.63) is 29.8 Å². The highest BCUT2D eigenvalue weighted by Gasteiger charge is 2.25. The molecule has 1 rings (SSSR count). The van der Waals surface area contributed by atoms with E-state index in [1.807, 2.05) is 45.0 Å². The van der Waals surface area contributed by atoms with E-state index in [1.165, 1.54) is 4.90 Å². The molecular weight excluding hydrogens is 430 g/mol. The second kappa shape index (κ2) is 17.6. The zero-order chi connectivity index (χ0) is 24.4. The molecule has 9 heteroatoms. The average molecular weight is 472 g/mol. The van der Waals surface area contributed by atoms with E-state index in [1.54, 1.807) is 7.11 Å². The smallest absolute Gasteiger partial charge is 0.407 e. The molecule has 0 heterocycles. The van der Waals surface area contributed by atoms with E-state index >= 15 is 0 Å². The van der Waals surface area contributed by atoms with E-state index in [9.17, 15) is 9.90 Å². The minimum Gasteiger partial charge on any atom is -0.491 e. The van der Waals surface area contributed by atoms with Gasteiger partial charge in [0.15, 0.2) is 0 Å². The number of methoxy groups -OCH3 is 1. The molecule has 0 bridgehead atoms. The van der Waals surface area contributed by atoms with Gasteiger partial charge in [-0.15, -0.1) is 0 Å². The Morgan fingerprint density at radius 1 is 0.788 bits per heavy atom. The molecule has 1 N–H and O–H groups in total. The summed E-state index contributed by atoms with van der Waals surface area (Å²) in [6, 6.07) is 7.70. The fraction of sp³-hybridized carbons (Fsp3) is 0.708. The molecule has 0 spiro atoms. The Kier molecular flexibility index (Phi) is 15.5. The van der Waals surface area contributed by atoms with Gasteiger partial charge < -0.3 is 38.4 Å². The van der Waals surface area contributed by atoms with Crippen molar-refractivity contribution in [3.8, 4) is 5.75 Å². The van der Waals surface area contributed by atoms with Crippen molar-refractivity contribution in [1.29, 1.82) is 0 Å². The predicted molar refractivity (Wildman–Crippen MR) is 125 cm³/mol. The highest BCUT2D eigenvalue weighted by atomic mass is 16.6. The molecule has 0 aromatic heterocycles. The van der Waals surface area contributed by atoms with Crippen LogP contribution in [0.1, 0.15) is 26.3 Å². The van der Waals surface area contributed by atoms with Crippen LogP contribution in [0.4, 0.5) is 4.79 Å². The van der Waals surface area contributed by atoms with E-state index in [0.29, 0.717) is 79.0 Å². The lowest BCUT2D eigenvalue weighted by molar-refractivity contribution is -0.00978. The van der Waals surface area contributed by atoms with Crippen LogP contribution >= 0.6 is 0 Å². The number of nitrogens with zero attached hydrogens (tertiary/aromatic N) is 1. The zero-order valence-electron chi connectivity index (χ0n) is 20.5. The van der Waals surface area contributed by atoms with Crippen molar-refractivity contribution in [2.45, 2.75) is 32.7 Å². The number of benzene rings is 1. The molecule has 0 aliphatic rings. The fourth-order valence-corrected chi connectivity index (χ4v) is 2.83. The Balaban J connectivity index is 2.02. The Morgan fingerprint density at radius 3 is 1.67 bits per heavy atom. The van der Waals surface area contributed by atoms with Gasteiger partial charge in [-0.05, 0) is 44.9 Å². The van der Waals surface area contributed by atoms with Crippen LogP contribution in [0.3, 0.4) is 0 Å². The number of hydrogen-bond donors (Lipinski definition) is 1. The van der Waals surface area contributed by atoms with Crippen molar-refractivity contribution in [1.82, 2.24) is 4.90 Å². The van der Waals surface area contributed by atoms with Gasteiger partial charge in [-0.25, -0.2) is 4.79 Å². The second-order valence-corrected chi connectivity index (χ2v) is 8.29. The SMILES string of the molecule is COCCOCCOCCOCCOCCOc1ccc(CCN(C(=O)O)C(C)(C)C)cc1. The monoisotopic (exact) mass is 471 g/mol. The summed E-state index contributed by atoms with van der Waals surface area (Å²) in [7, 11) is 1.64. The lowest BCUT2D eigenvalue weighted by atomic mass is 10.1. The average Bonchev–Trinajstić information content (AvgIpc) is 2.76. The third kappa shape index (κ3) is 14.8. The summed E-state index contributed by atoms with van der Waals surface area (Å²) < 4.78 is 32.2. The molecule has 1 amide bonds. The topological polar surface area (TPSA) is 95.9 Å². The summed E-state index contributed by atoms with van der Waals surface area (Å²) in [5.74, 6) is 0.757. The van der Waals surface area contributed by atoms with Gasteiger partial charge in [0.1, 0.15) is 12.4 Å². The van der Waals surface area contributed by atoms with E-state index in [4.69, 9.17) is 28.4 Å². The molecule has 1 aromatic carbocycles. The Labute approximate surface area is 197 Å². The Hall–Kier alpha value is -1.91. The molecule has 0 fully saturated rings. The van der Waals surface area contributed by atoms with E-state index < -0.39 is 11.6 Å². The molecule has 0 saturated carbocycles. The van der Waals surface area contributed by atoms with Crippen LogP contribution in [0.15, 0.2) is 24.3 Å². The van der Waals surface area contributed by atoms with Crippen LogP contribution in [0.25, 0.3) is 0 Å². The van der Waals surface area contributed by atoms with Gasteiger partial charge in [-0.1, -0.05) is 12.1 Å². The minimum absolute atomic E-state index is 0.423. The van der Waals surface area contributed by atoms with Crippen LogP contribution in [-0.2, 0) is 30.1 Å². The first-order valence-electron chi connectivity index (χ1n) is 11.4. The van der Waals surface area contributed by atoms with Crippen LogP contribution in [0.2, 0.25) is 0 Å². The lowest BCUT2D eigenvalue weighted by Gasteiger charge is -2.33. The minimum atomic E-state index is -0.902. The van der Waals surface area contributed by atoms with Gasteiger partial charge in [0.05, 0.1) is 59.5 Å². The second-order valence-electron chi connectivity index (χ2n) is 8.29. The predicted octanol–water partition coefficient (Wildman–Crippen LogP) is 3.10. The molecule has 0 aliphatic carbocycles. The fourth-order valence-electron chi connectivity index (χ4n) is 2.83. The molecule has 0 saturated heterocycles. The number of carboxylic acid groups (broad SMARTS) is 1. The van der Waals surface area contributed by atoms with E-state index in [2.05, 4.69) is 0 Å². The van der Waals surface area contributed by atoms with Crippen LogP contribution in [-0.4, -0.2) is 101 Å². The maximum atomic E-state index is 11.4. The third-order valence-corrected chi connectivity index (χ3v) is 4.63. The number of rotatable bonds is 19. The zero-order valence-corrected chi connectivity index (χ0v) is 20.5. The normalized spacial score (nSPS) is 11.5. The molecule has 0 radical (unpaired) electrons. The summed E-state index contributed by atoms with van der Waals surface area (Å²) >= 11 is 0. The number of ether oxygens (including phenoxy) is 6. The standard InChI is InChI=1S/C24H41NO8/c1-24(2,3)25(23(26)27)10-9-21-5-7-22(8-6-21)33-20-19-32-18-17-31-16-15-30-14-13-29-12-11-28-4/h5-8H,9-20H2,1-4H3,(H,26,27). The van der Waals surface area contributed by atoms with Crippen molar-refractivity contribution in [2.75, 3.05) is 79.7 Å². The summed E-state index contributed by atoms with van der Waals surface area (Å²) in [4.78, 5) is 12.9. The molecular formula is C24H41NO8. The maximum Gasteiger partial charge on any atom is 0.407 e. The van der Waals surface area contributed by atoms with E-state index in [0.717, 1.165) is 11.3 Å². The van der Waals surface area contributed by atoms with Gasteiger partial charge >= 0.3 is 6.09 Å². The summed E-state index contributed by atoms with van der Waals surface area (Å²) in [6.45, 7) is 11.4. The molecule has 9 nitrogen and oxygen atoms in total. The van der Waals surface area contributed by atoms with Gasteiger partial charge in [-0.2, -0.15) is 0 Å². The molecule has 0 atom stereocenters. The number of hydrogen-bond acceptors (Lipinski definition) is 7. The quantitative estimate of drug-likeness (QED) is 0.308. The summed E-state index contributed by atoms with van der Waals surface area (Å²) in [5, 5.41) is 9.37. The maximum absolute atomic E-state index is 11.4. The van der Waals surface area contributed by atoms with Crippen molar-refractivity contribution in [2.24, 2.45) is 0 Å². The van der Waals surface area contributed by atoms with Gasteiger partial charge in [0.2, 0.25) is 0 Å². The largest absolute Gasteiger partial charge is 0.491 e. The Morgan fingerprint density at radius 2 is 1.24 bits per heavy atom. The molecule has 1 aromatic rings. The highest BCUT2D eigenvalue weighted by Crippen LogP contribution is 2.16. The van der Waals surface area contributed by atoms with Crippen molar-refractivity contribution >= 4 is 6.09 Å². The van der Waals surface area contributed by atoms with Gasteiger partial charge in [-0.3, -0.25) is 0 Å². The van der Waals surface area contributed by atoms with Crippen molar-refractivity contribution < 1.29 is 38.3 Å². The molecule has 33 heavy (non-hydrogen) atoms. The first-order chi connectivity index (χ1) is 15.8. The summed E-state index contributed by atoms with van der Waals surface area (Å²) in [6.07, 6.45) is -0.249. The Bertz CT molecular complexity index is 618. The molecule has 0 unspecified atom stereocenters. The van der Waals surface area contributed by atoms with Crippen LogP contribution < -0.4 is 4.74 Å². The summed E-state index contributed by atoms with van der Waals surface area (Å²) in [5.41, 5.74) is 0.640. The first-order valence-corrected chi connectivity index (χ1v) is 11.4. The number of carbonyl (C=O) groups is 1. The van der Waals surface area contributed by atoms with Gasteiger partial charge in [0.25, 0.3) is 0 Å². The molecule has 0 aliphatic heterocycles. The first kappa shape index (κ1) is 29.1. The van der Waals surface area contributed by atoms with Crippen LogP contribution in [0.5, 0.6) is 5.75 Å². The van der Waals surface area contributed by atoms with Crippen molar-refractivity contribution in [3.63, 3.8) is 0 Å².